The van der Waals surface area contributed by atoms with Crippen molar-refractivity contribution in [2.75, 3.05) is 13.7 Å². The zero-order valence-electron chi connectivity index (χ0n) is 11.7. The highest BCUT2D eigenvalue weighted by Crippen LogP contribution is 2.34. The molecule has 1 aliphatic heterocycles. The highest BCUT2D eigenvalue weighted by molar-refractivity contribution is 6.35. The third-order valence-electron chi connectivity index (χ3n) is 4.14. The fourth-order valence-corrected chi connectivity index (χ4v) is 3.35. The summed E-state index contributed by atoms with van der Waals surface area (Å²) in [5.74, 6) is 0. The summed E-state index contributed by atoms with van der Waals surface area (Å²) in [5, 5.41) is 6.57. The molecular formula is C17H20ClNO. The van der Waals surface area contributed by atoms with Gasteiger partial charge < -0.3 is 10.1 Å². The molecule has 1 fully saturated rings. The van der Waals surface area contributed by atoms with E-state index in [1.165, 1.54) is 23.8 Å². The van der Waals surface area contributed by atoms with E-state index in [0.29, 0.717) is 0 Å². The Morgan fingerprint density at radius 1 is 1.15 bits per heavy atom. The molecule has 0 bridgehead atoms. The lowest BCUT2D eigenvalue weighted by molar-refractivity contribution is -0.00632. The maximum atomic E-state index is 6.31. The number of hydrogen-bond acceptors (Lipinski definition) is 2. The Morgan fingerprint density at radius 3 is 2.65 bits per heavy atom. The Hall–Kier alpha value is -1.09. The van der Waals surface area contributed by atoms with E-state index in [1.807, 2.05) is 19.2 Å². The van der Waals surface area contributed by atoms with Crippen molar-refractivity contribution in [3.8, 4) is 0 Å². The van der Waals surface area contributed by atoms with Crippen LogP contribution in [0.1, 0.15) is 30.9 Å². The lowest BCUT2D eigenvalue weighted by atomic mass is 9.92. The minimum atomic E-state index is 0.220. The summed E-state index contributed by atoms with van der Waals surface area (Å²) in [6, 6.07) is 12.7. The monoisotopic (exact) mass is 289 g/mol. The fourth-order valence-electron chi connectivity index (χ4n) is 3.13. The second-order valence-corrected chi connectivity index (χ2v) is 5.76. The molecule has 3 rings (SSSR count). The van der Waals surface area contributed by atoms with Crippen molar-refractivity contribution in [1.82, 2.24) is 5.32 Å². The Balaban J connectivity index is 2.05. The molecule has 2 aromatic rings. The van der Waals surface area contributed by atoms with Crippen molar-refractivity contribution < 1.29 is 4.74 Å². The summed E-state index contributed by atoms with van der Waals surface area (Å²) >= 11 is 6.31. The number of ether oxygens (including phenoxy) is 1. The Labute approximate surface area is 125 Å². The first-order valence-corrected chi connectivity index (χ1v) is 7.65. The Bertz CT molecular complexity index is 593. The first-order valence-electron chi connectivity index (χ1n) is 7.27. The average molecular weight is 290 g/mol. The number of benzene rings is 2. The van der Waals surface area contributed by atoms with Crippen molar-refractivity contribution in [3.63, 3.8) is 0 Å². The average Bonchev–Trinajstić information content (AvgIpc) is 2.52. The highest BCUT2D eigenvalue weighted by Gasteiger charge is 2.26. The van der Waals surface area contributed by atoms with E-state index in [-0.39, 0.29) is 12.1 Å². The molecule has 2 aromatic carbocycles. The summed E-state index contributed by atoms with van der Waals surface area (Å²) < 4.78 is 5.97. The standard InChI is InChI=1S/C17H20ClNO/c1-19-17(16-8-4-5-11-20-16)14-9-10-15(18)13-7-3-2-6-12(13)14/h2-3,6-7,9-10,16-17,19H,4-5,8,11H2,1H3. The van der Waals surface area contributed by atoms with Gasteiger partial charge in [0.05, 0.1) is 12.1 Å². The molecule has 20 heavy (non-hydrogen) atoms. The lowest BCUT2D eigenvalue weighted by Crippen LogP contribution is -2.34. The van der Waals surface area contributed by atoms with Gasteiger partial charge in [0.15, 0.2) is 0 Å². The molecule has 1 aliphatic rings. The Kier molecular flexibility index (Phi) is 4.25. The summed E-state index contributed by atoms with van der Waals surface area (Å²) in [5.41, 5.74) is 1.28. The number of rotatable bonds is 3. The summed E-state index contributed by atoms with van der Waals surface area (Å²) in [6.07, 6.45) is 3.78. The van der Waals surface area contributed by atoms with E-state index in [0.717, 1.165) is 23.4 Å². The van der Waals surface area contributed by atoms with Crippen LogP contribution in [0, 0.1) is 0 Å². The quantitative estimate of drug-likeness (QED) is 0.908. The van der Waals surface area contributed by atoms with Crippen LogP contribution in [0.25, 0.3) is 10.8 Å². The molecule has 0 saturated carbocycles. The summed E-state index contributed by atoms with van der Waals surface area (Å²) in [7, 11) is 2.01. The van der Waals surface area contributed by atoms with Gasteiger partial charge in [0.2, 0.25) is 0 Å². The van der Waals surface area contributed by atoms with Gasteiger partial charge in [0, 0.05) is 17.0 Å². The van der Waals surface area contributed by atoms with E-state index in [2.05, 4.69) is 29.6 Å². The van der Waals surface area contributed by atoms with Crippen molar-refractivity contribution in [2.24, 2.45) is 0 Å². The van der Waals surface area contributed by atoms with Crippen molar-refractivity contribution in [1.29, 1.82) is 0 Å². The van der Waals surface area contributed by atoms with Gasteiger partial charge in [0.1, 0.15) is 0 Å². The molecule has 1 heterocycles. The number of nitrogens with one attached hydrogen (secondary N) is 1. The van der Waals surface area contributed by atoms with Gasteiger partial charge in [0.25, 0.3) is 0 Å². The van der Waals surface area contributed by atoms with Crippen LogP contribution in [0.3, 0.4) is 0 Å². The van der Waals surface area contributed by atoms with Gasteiger partial charge in [-0.2, -0.15) is 0 Å². The zero-order chi connectivity index (χ0) is 13.9. The smallest absolute Gasteiger partial charge is 0.0769 e. The van der Waals surface area contributed by atoms with Crippen LogP contribution < -0.4 is 5.32 Å². The van der Waals surface area contributed by atoms with Crippen LogP contribution in [0.15, 0.2) is 36.4 Å². The van der Waals surface area contributed by atoms with Crippen LogP contribution in [0.5, 0.6) is 0 Å². The largest absolute Gasteiger partial charge is 0.376 e. The maximum absolute atomic E-state index is 6.31. The number of hydrogen-bond donors (Lipinski definition) is 1. The topological polar surface area (TPSA) is 21.3 Å². The minimum absolute atomic E-state index is 0.220. The van der Waals surface area contributed by atoms with Gasteiger partial charge in [-0.1, -0.05) is 41.9 Å². The van der Waals surface area contributed by atoms with E-state index < -0.39 is 0 Å². The molecule has 0 amide bonds. The fraction of sp³-hybridized carbons (Fsp3) is 0.412. The summed E-state index contributed by atoms with van der Waals surface area (Å²) in [6.45, 7) is 0.869. The predicted octanol–water partition coefficient (Wildman–Crippen LogP) is 4.32. The second-order valence-electron chi connectivity index (χ2n) is 5.35. The first kappa shape index (κ1) is 13.9. The highest BCUT2D eigenvalue weighted by atomic mass is 35.5. The molecule has 0 aromatic heterocycles. The molecule has 2 nitrogen and oxygen atoms in total. The SMILES string of the molecule is CNC(c1ccc(Cl)c2ccccc12)C1CCCCO1. The minimum Gasteiger partial charge on any atom is -0.376 e. The van der Waals surface area contributed by atoms with Crippen LogP contribution in [0.4, 0.5) is 0 Å². The van der Waals surface area contributed by atoms with E-state index in [9.17, 15) is 0 Å². The second kappa shape index (κ2) is 6.13. The van der Waals surface area contributed by atoms with Crippen LogP contribution in [0.2, 0.25) is 5.02 Å². The van der Waals surface area contributed by atoms with Crippen LogP contribution in [-0.2, 0) is 4.74 Å². The molecule has 2 unspecified atom stereocenters. The molecule has 1 saturated heterocycles. The third kappa shape index (κ3) is 2.56. The van der Waals surface area contributed by atoms with E-state index >= 15 is 0 Å². The predicted molar refractivity (Wildman–Crippen MR) is 84.3 cm³/mol. The van der Waals surface area contributed by atoms with Crippen LogP contribution >= 0.6 is 11.6 Å². The molecule has 2 atom stereocenters. The first-order chi connectivity index (χ1) is 9.81. The maximum Gasteiger partial charge on any atom is 0.0769 e. The molecular weight excluding hydrogens is 270 g/mol. The van der Waals surface area contributed by atoms with Gasteiger partial charge in [-0.05, 0) is 43.3 Å². The molecule has 0 spiro atoms. The number of likely N-dealkylation sites (N-methyl/N-ethyl adjacent to an activating group) is 1. The van der Waals surface area contributed by atoms with Crippen LogP contribution in [-0.4, -0.2) is 19.8 Å². The normalized spacial score (nSPS) is 21.0. The van der Waals surface area contributed by atoms with Gasteiger partial charge in [-0.3, -0.25) is 0 Å². The van der Waals surface area contributed by atoms with Crippen molar-refractivity contribution >= 4 is 22.4 Å². The molecule has 106 valence electrons. The zero-order valence-corrected chi connectivity index (χ0v) is 12.5. The number of halogens is 1. The molecule has 1 N–H and O–H groups in total. The van der Waals surface area contributed by atoms with Crippen molar-refractivity contribution in [2.45, 2.75) is 31.4 Å². The third-order valence-corrected chi connectivity index (χ3v) is 4.47. The summed E-state index contributed by atoms with van der Waals surface area (Å²) in [4.78, 5) is 0. The molecule has 3 heteroatoms. The van der Waals surface area contributed by atoms with Crippen molar-refractivity contribution in [3.05, 3.63) is 47.0 Å². The number of fused-ring (bicyclic) bond motifs is 1. The van der Waals surface area contributed by atoms with E-state index in [1.54, 1.807) is 0 Å². The van der Waals surface area contributed by atoms with E-state index in [4.69, 9.17) is 16.3 Å². The Morgan fingerprint density at radius 2 is 1.95 bits per heavy atom. The van der Waals surface area contributed by atoms with Gasteiger partial charge in [-0.25, -0.2) is 0 Å². The lowest BCUT2D eigenvalue weighted by Gasteiger charge is -2.31. The molecule has 0 aliphatic carbocycles. The van der Waals surface area contributed by atoms with Gasteiger partial charge >= 0.3 is 0 Å². The molecule has 0 radical (unpaired) electrons. The van der Waals surface area contributed by atoms with Gasteiger partial charge in [-0.15, -0.1) is 0 Å².